The highest BCUT2D eigenvalue weighted by Crippen LogP contribution is 2.21. The Labute approximate surface area is 124 Å². The van der Waals surface area contributed by atoms with E-state index >= 15 is 0 Å². The van der Waals surface area contributed by atoms with E-state index in [9.17, 15) is 4.79 Å². The summed E-state index contributed by atoms with van der Waals surface area (Å²) in [6.07, 6.45) is 0.882. The maximum Gasteiger partial charge on any atom is 0.257 e. The van der Waals surface area contributed by atoms with Crippen LogP contribution in [0.3, 0.4) is 0 Å². The highest BCUT2D eigenvalue weighted by atomic mass is 127. The fraction of sp³-hybridized carbons (Fsp3) is 0.231. The fourth-order valence-corrected chi connectivity index (χ4v) is 2.80. The summed E-state index contributed by atoms with van der Waals surface area (Å²) >= 11 is 2.16. The Kier molecular flexibility index (Phi) is 3.52. The third-order valence-corrected chi connectivity index (χ3v) is 4.10. The van der Waals surface area contributed by atoms with Gasteiger partial charge in [-0.05, 0) is 47.7 Å². The van der Waals surface area contributed by atoms with Crippen LogP contribution in [0.25, 0.3) is 0 Å². The number of carbonyl (C=O) groups excluding carboxylic acids is 1. The van der Waals surface area contributed by atoms with Crippen molar-refractivity contribution in [3.63, 3.8) is 0 Å². The molecule has 0 unspecified atom stereocenters. The number of aromatic nitrogens is 2. The van der Waals surface area contributed by atoms with Crippen molar-refractivity contribution in [1.82, 2.24) is 15.5 Å². The minimum atomic E-state index is -0.113. The van der Waals surface area contributed by atoms with Gasteiger partial charge in [-0.15, -0.1) is 0 Å². The number of H-pyrrole nitrogens is 1. The first kappa shape index (κ1) is 12.6. The lowest BCUT2D eigenvalue weighted by molar-refractivity contribution is 0.102. The van der Waals surface area contributed by atoms with Gasteiger partial charge in [0.05, 0.1) is 11.3 Å². The molecule has 0 saturated heterocycles. The van der Waals surface area contributed by atoms with Crippen LogP contribution in [0, 0.1) is 3.57 Å². The Morgan fingerprint density at radius 2 is 2.21 bits per heavy atom. The molecule has 2 heterocycles. The number of carbonyl (C=O) groups is 1. The minimum absolute atomic E-state index is 0.113. The molecule has 1 aromatic carbocycles. The Hall–Kier alpha value is -1.41. The number of nitrogens with one attached hydrogen (secondary N) is 3. The summed E-state index contributed by atoms with van der Waals surface area (Å²) in [6.45, 7) is 1.69. The van der Waals surface area contributed by atoms with Crippen molar-refractivity contribution in [3.8, 4) is 0 Å². The van der Waals surface area contributed by atoms with Gasteiger partial charge in [0.15, 0.2) is 5.82 Å². The largest absolute Gasteiger partial charge is 0.311 e. The van der Waals surface area contributed by atoms with Gasteiger partial charge in [-0.25, -0.2) is 0 Å². The monoisotopic (exact) mass is 368 g/mol. The second-order valence-electron chi connectivity index (χ2n) is 4.39. The zero-order chi connectivity index (χ0) is 13.2. The lowest BCUT2D eigenvalue weighted by Crippen LogP contribution is -2.24. The maximum atomic E-state index is 12.2. The zero-order valence-corrected chi connectivity index (χ0v) is 12.3. The number of fused-ring (bicyclic) bond motifs is 1. The van der Waals surface area contributed by atoms with E-state index < -0.39 is 0 Å². The molecule has 0 aliphatic carbocycles. The average Bonchev–Trinajstić information content (AvgIpc) is 2.83. The lowest BCUT2D eigenvalue weighted by Gasteiger charge is -2.13. The van der Waals surface area contributed by atoms with Gasteiger partial charge in [-0.3, -0.25) is 9.89 Å². The molecule has 0 spiro atoms. The van der Waals surface area contributed by atoms with E-state index in [4.69, 9.17) is 0 Å². The topological polar surface area (TPSA) is 69.8 Å². The predicted molar refractivity (Wildman–Crippen MR) is 81.1 cm³/mol. The van der Waals surface area contributed by atoms with E-state index in [2.05, 4.69) is 43.4 Å². The number of anilines is 1. The van der Waals surface area contributed by atoms with Gasteiger partial charge in [0.2, 0.25) is 0 Å². The number of benzene rings is 1. The van der Waals surface area contributed by atoms with Gasteiger partial charge >= 0.3 is 0 Å². The minimum Gasteiger partial charge on any atom is -0.311 e. The van der Waals surface area contributed by atoms with Crippen LogP contribution in [0.15, 0.2) is 24.3 Å². The van der Waals surface area contributed by atoms with Crippen LogP contribution >= 0.6 is 22.6 Å². The summed E-state index contributed by atoms with van der Waals surface area (Å²) in [4.78, 5) is 12.2. The number of nitrogens with zero attached hydrogens (tertiary/aromatic N) is 1. The summed E-state index contributed by atoms with van der Waals surface area (Å²) < 4.78 is 0.934. The Balaban J connectivity index is 1.84. The smallest absolute Gasteiger partial charge is 0.257 e. The van der Waals surface area contributed by atoms with Crippen LogP contribution in [0.5, 0.6) is 0 Å². The molecule has 1 aromatic heterocycles. The quantitative estimate of drug-likeness (QED) is 0.710. The van der Waals surface area contributed by atoms with Gasteiger partial charge in [-0.2, -0.15) is 5.10 Å². The van der Waals surface area contributed by atoms with Crippen molar-refractivity contribution >= 4 is 34.3 Å². The van der Waals surface area contributed by atoms with E-state index in [0.717, 1.165) is 34.3 Å². The molecule has 1 amide bonds. The van der Waals surface area contributed by atoms with Gasteiger partial charge < -0.3 is 10.6 Å². The van der Waals surface area contributed by atoms with Gasteiger partial charge in [0.25, 0.3) is 5.91 Å². The van der Waals surface area contributed by atoms with Crippen molar-refractivity contribution in [2.75, 3.05) is 11.9 Å². The summed E-state index contributed by atoms with van der Waals surface area (Å²) in [7, 11) is 0. The molecule has 5 nitrogen and oxygen atoms in total. The zero-order valence-electron chi connectivity index (χ0n) is 10.2. The van der Waals surface area contributed by atoms with E-state index in [1.807, 2.05) is 24.3 Å². The number of halogens is 1. The molecule has 19 heavy (non-hydrogen) atoms. The van der Waals surface area contributed by atoms with E-state index in [1.54, 1.807) is 0 Å². The summed E-state index contributed by atoms with van der Waals surface area (Å²) in [5, 5.41) is 13.3. The molecule has 1 aliphatic heterocycles. The number of rotatable bonds is 2. The standard InChI is InChI=1S/C13H13IN4O/c14-10-4-2-1-3-8(10)13(19)16-12-9-5-6-15-7-11(9)17-18-12/h1-4,15H,5-7H2,(H2,16,17,18,19). The van der Waals surface area contributed by atoms with Crippen molar-refractivity contribution in [2.45, 2.75) is 13.0 Å². The molecule has 3 rings (SSSR count). The summed E-state index contributed by atoms with van der Waals surface area (Å²) in [6, 6.07) is 7.51. The second-order valence-corrected chi connectivity index (χ2v) is 5.55. The third kappa shape index (κ3) is 2.50. The molecule has 0 bridgehead atoms. The number of hydrogen-bond donors (Lipinski definition) is 3. The van der Waals surface area contributed by atoms with Gasteiger partial charge in [-0.1, -0.05) is 12.1 Å². The van der Waals surface area contributed by atoms with Crippen LogP contribution in [0.4, 0.5) is 5.82 Å². The first-order chi connectivity index (χ1) is 9.25. The first-order valence-corrected chi connectivity index (χ1v) is 7.16. The van der Waals surface area contributed by atoms with E-state index in [-0.39, 0.29) is 5.91 Å². The molecule has 6 heteroatoms. The molecule has 0 atom stereocenters. The molecule has 3 N–H and O–H groups in total. The Morgan fingerprint density at radius 1 is 1.37 bits per heavy atom. The number of aromatic amines is 1. The van der Waals surface area contributed by atoms with Crippen molar-refractivity contribution in [1.29, 1.82) is 0 Å². The average molecular weight is 368 g/mol. The van der Waals surface area contributed by atoms with E-state index in [1.165, 1.54) is 0 Å². The number of amides is 1. The van der Waals surface area contributed by atoms with Crippen molar-refractivity contribution in [3.05, 3.63) is 44.7 Å². The first-order valence-electron chi connectivity index (χ1n) is 6.08. The molecular weight excluding hydrogens is 355 g/mol. The summed E-state index contributed by atoms with van der Waals surface area (Å²) in [5.41, 5.74) is 2.84. The lowest BCUT2D eigenvalue weighted by atomic mass is 10.1. The molecule has 1 aliphatic rings. The van der Waals surface area contributed by atoms with Crippen LogP contribution < -0.4 is 10.6 Å². The third-order valence-electron chi connectivity index (χ3n) is 3.16. The SMILES string of the molecule is O=C(Nc1n[nH]c2c1CCNC2)c1ccccc1I. The Morgan fingerprint density at radius 3 is 3.05 bits per heavy atom. The molecule has 0 saturated carbocycles. The number of hydrogen-bond acceptors (Lipinski definition) is 3. The highest BCUT2D eigenvalue weighted by Gasteiger charge is 2.19. The fourth-order valence-electron chi connectivity index (χ4n) is 2.17. The second kappa shape index (κ2) is 5.30. The molecule has 0 radical (unpaired) electrons. The maximum absolute atomic E-state index is 12.2. The summed E-state index contributed by atoms with van der Waals surface area (Å²) in [5.74, 6) is 0.541. The molecule has 98 valence electrons. The molecule has 2 aromatic rings. The van der Waals surface area contributed by atoms with E-state index in [0.29, 0.717) is 11.4 Å². The van der Waals surface area contributed by atoms with Crippen LogP contribution in [-0.2, 0) is 13.0 Å². The van der Waals surface area contributed by atoms with Crippen molar-refractivity contribution in [2.24, 2.45) is 0 Å². The normalized spacial score (nSPS) is 13.9. The Bertz CT molecular complexity index is 623. The van der Waals surface area contributed by atoms with Gasteiger partial charge in [0.1, 0.15) is 0 Å². The van der Waals surface area contributed by atoms with Gasteiger partial charge in [0, 0.05) is 15.7 Å². The molecular formula is C13H13IN4O. The van der Waals surface area contributed by atoms with Crippen molar-refractivity contribution < 1.29 is 4.79 Å². The van der Waals surface area contributed by atoms with Crippen LogP contribution in [0.1, 0.15) is 21.6 Å². The highest BCUT2D eigenvalue weighted by molar-refractivity contribution is 14.1. The predicted octanol–water partition coefficient (Wildman–Crippen LogP) is 1.91. The van der Waals surface area contributed by atoms with Crippen LogP contribution in [-0.4, -0.2) is 22.6 Å². The van der Waals surface area contributed by atoms with Crippen LogP contribution in [0.2, 0.25) is 0 Å². The molecule has 0 fully saturated rings.